The van der Waals surface area contributed by atoms with E-state index in [1.54, 1.807) is 0 Å². The molecule has 2 heteroatoms. The first kappa shape index (κ1) is 20.0. The van der Waals surface area contributed by atoms with E-state index >= 15 is 0 Å². The van der Waals surface area contributed by atoms with Gasteiger partial charge >= 0.3 is 0 Å². The Morgan fingerprint density at radius 3 is 1.16 bits per heavy atom. The summed E-state index contributed by atoms with van der Waals surface area (Å²) in [6.07, 6.45) is 21.5. The molecule has 0 aliphatic heterocycles. The lowest BCUT2D eigenvalue weighted by molar-refractivity contribution is 0.534. The lowest BCUT2D eigenvalue weighted by Crippen LogP contribution is -1.86. The van der Waals surface area contributed by atoms with E-state index in [9.17, 15) is 0 Å². The Labute approximate surface area is 138 Å². The van der Waals surface area contributed by atoms with Crippen molar-refractivity contribution in [3.05, 3.63) is 0 Å². The second-order valence-electron chi connectivity index (χ2n) is 5.78. The zero-order chi connectivity index (χ0) is 14.2. The molecule has 0 nitrogen and oxygen atoms in total. The van der Waals surface area contributed by atoms with Gasteiger partial charge in [-0.15, -0.1) is 0 Å². The average molecular weight is 398 g/mol. The Hall–Kier alpha value is 0.960. The number of hydrogen-bond acceptors (Lipinski definition) is 0. The van der Waals surface area contributed by atoms with Crippen molar-refractivity contribution in [2.45, 2.75) is 107 Å². The zero-order valence-corrected chi connectivity index (χ0v) is 16.1. The zero-order valence-electron chi connectivity index (χ0n) is 12.9. The summed E-state index contributed by atoms with van der Waals surface area (Å²) in [6.45, 7) is 2.29. The maximum absolute atomic E-state index is 3.53. The SMILES string of the molecule is CCCCCCCCCCCCCCCCC(Br)Br. The van der Waals surface area contributed by atoms with Crippen molar-refractivity contribution in [1.82, 2.24) is 0 Å². The summed E-state index contributed by atoms with van der Waals surface area (Å²) in [7, 11) is 0. The minimum Gasteiger partial charge on any atom is -0.0765 e. The number of unbranched alkanes of at least 4 members (excludes halogenated alkanes) is 13. The number of halogens is 2. The Bertz CT molecular complexity index is 157. The monoisotopic (exact) mass is 396 g/mol. The largest absolute Gasteiger partial charge is 0.0765 e. The molecular weight excluding hydrogens is 364 g/mol. The maximum atomic E-state index is 3.53. The van der Waals surface area contributed by atoms with Gasteiger partial charge in [0.25, 0.3) is 0 Å². The molecule has 0 N–H and O–H groups in total. The second-order valence-corrected chi connectivity index (χ2v) is 9.22. The van der Waals surface area contributed by atoms with Crippen molar-refractivity contribution in [3.63, 3.8) is 0 Å². The molecule has 19 heavy (non-hydrogen) atoms. The van der Waals surface area contributed by atoms with Crippen LogP contribution >= 0.6 is 31.9 Å². The molecule has 0 heterocycles. The fourth-order valence-corrected chi connectivity index (χ4v) is 3.14. The maximum Gasteiger partial charge on any atom is 0.0697 e. The lowest BCUT2D eigenvalue weighted by Gasteiger charge is -2.03. The normalized spacial score (nSPS) is 11.4. The van der Waals surface area contributed by atoms with Crippen LogP contribution in [0.5, 0.6) is 0 Å². The third-order valence-corrected chi connectivity index (χ3v) is 4.69. The Morgan fingerprint density at radius 1 is 0.526 bits per heavy atom. The highest BCUT2D eigenvalue weighted by atomic mass is 79.9. The Morgan fingerprint density at radius 2 is 0.842 bits per heavy atom. The van der Waals surface area contributed by atoms with Gasteiger partial charge in [0, 0.05) is 0 Å². The number of hydrogen-bond donors (Lipinski definition) is 0. The highest BCUT2D eigenvalue weighted by Gasteiger charge is 1.97. The summed E-state index contributed by atoms with van der Waals surface area (Å²) in [4.78, 5) is 0. The molecule has 0 spiro atoms. The first-order chi connectivity index (χ1) is 9.27. The van der Waals surface area contributed by atoms with Gasteiger partial charge in [0.1, 0.15) is 0 Å². The molecule has 0 atom stereocenters. The molecule has 0 amide bonds. The fraction of sp³-hybridized carbons (Fsp3) is 1.00. The molecule has 0 rings (SSSR count). The van der Waals surface area contributed by atoms with E-state index in [0.29, 0.717) is 3.74 Å². The molecular formula is C17H34Br2. The number of rotatable bonds is 15. The summed E-state index contributed by atoms with van der Waals surface area (Å²) in [6, 6.07) is 0. The van der Waals surface area contributed by atoms with Gasteiger partial charge in [-0.2, -0.15) is 0 Å². The van der Waals surface area contributed by atoms with Crippen molar-refractivity contribution in [1.29, 1.82) is 0 Å². The lowest BCUT2D eigenvalue weighted by atomic mass is 10.0. The minimum atomic E-state index is 0.525. The molecule has 116 valence electrons. The molecule has 0 radical (unpaired) electrons. The van der Waals surface area contributed by atoms with E-state index in [1.165, 1.54) is 96.3 Å². The molecule has 0 aromatic rings. The van der Waals surface area contributed by atoms with Crippen LogP contribution in [0.1, 0.15) is 103 Å². The molecule has 0 bridgehead atoms. The highest BCUT2D eigenvalue weighted by Crippen LogP contribution is 2.18. The molecule has 0 aliphatic carbocycles. The van der Waals surface area contributed by atoms with Gasteiger partial charge in [0.2, 0.25) is 0 Å². The fourth-order valence-electron chi connectivity index (χ4n) is 2.49. The van der Waals surface area contributed by atoms with Crippen molar-refractivity contribution >= 4 is 31.9 Å². The quantitative estimate of drug-likeness (QED) is 0.194. The molecule has 0 saturated heterocycles. The van der Waals surface area contributed by atoms with E-state index in [-0.39, 0.29) is 0 Å². The smallest absolute Gasteiger partial charge is 0.0697 e. The topological polar surface area (TPSA) is 0 Å². The molecule has 0 aliphatic rings. The van der Waals surface area contributed by atoms with E-state index < -0.39 is 0 Å². The van der Waals surface area contributed by atoms with Crippen LogP contribution in [0.4, 0.5) is 0 Å². The standard InChI is InChI=1S/C17H34Br2/c1-2-3-4-5-6-7-8-9-10-11-12-13-14-15-16-17(18)19/h17H,2-16H2,1H3. The summed E-state index contributed by atoms with van der Waals surface area (Å²) in [5.41, 5.74) is 0. The first-order valence-electron chi connectivity index (χ1n) is 8.55. The van der Waals surface area contributed by atoms with E-state index in [1.807, 2.05) is 0 Å². The molecule has 0 saturated carbocycles. The van der Waals surface area contributed by atoms with E-state index in [0.717, 1.165) is 0 Å². The van der Waals surface area contributed by atoms with Crippen LogP contribution in [-0.4, -0.2) is 3.74 Å². The predicted octanol–water partition coefficient (Wildman–Crippen LogP) is 7.97. The summed E-state index contributed by atoms with van der Waals surface area (Å²) in [5.74, 6) is 0. The third-order valence-electron chi connectivity index (χ3n) is 3.78. The molecule has 0 aromatic heterocycles. The molecule has 0 fully saturated rings. The van der Waals surface area contributed by atoms with Gasteiger partial charge in [-0.05, 0) is 6.42 Å². The molecule has 0 unspecified atom stereocenters. The van der Waals surface area contributed by atoms with Crippen molar-refractivity contribution in [2.75, 3.05) is 0 Å². The molecule has 0 aromatic carbocycles. The minimum absolute atomic E-state index is 0.525. The van der Waals surface area contributed by atoms with Crippen LogP contribution in [-0.2, 0) is 0 Å². The van der Waals surface area contributed by atoms with Crippen LogP contribution in [0, 0.1) is 0 Å². The van der Waals surface area contributed by atoms with Crippen LogP contribution in [0.2, 0.25) is 0 Å². The van der Waals surface area contributed by atoms with Crippen molar-refractivity contribution < 1.29 is 0 Å². The summed E-state index contributed by atoms with van der Waals surface area (Å²) < 4.78 is 0.525. The summed E-state index contributed by atoms with van der Waals surface area (Å²) >= 11 is 7.06. The van der Waals surface area contributed by atoms with Crippen LogP contribution in [0.15, 0.2) is 0 Å². The van der Waals surface area contributed by atoms with Gasteiger partial charge < -0.3 is 0 Å². The van der Waals surface area contributed by atoms with Crippen molar-refractivity contribution in [2.24, 2.45) is 0 Å². The van der Waals surface area contributed by atoms with Crippen LogP contribution in [0.25, 0.3) is 0 Å². The van der Waals surface area contributed by atoms with Gasteiger partial charge in [-0.25, -0.2) is 0 Å². The van der Waals surface area contributed by atoms with Gasteiger partial charge in [0.15, 0.2) is 0 Å². The summed E-state index contributed by atoms with van der Waals surface area (Å²) in [5, 5.41) is 0. The van der Waals surface area contributed by atoms with Gasteiger partial charge in [0.05, 0.1) is 3.74 Å². The first-order valence-corrected chi connectivity index (χ1v) is 10.4. The van der Waals surface area contributed by atoms with Gasteiger partial charge in [-0.3, -0.25) is 0 Å². The Balaban J connectivity index is 2.91. The van der Waals surface area contributed by atoms with Crippen molar-refractivity contribution in [3.8, 4) is 0 Å². The second kappa shape index (κ2) is 17.0. The van der Waals surface area contributed by atoms with E-state index in [4.69, 9.17) is 0 Å². The third kappa shape index (κ3) is 19.0. The van der Waals surface area contributed by atoms with Gasteiger partial charge in [-0.1, -0.05) is 129 Å². The van der Waals surface area contributed by atoms with Crippen LogP contribution < -0.4 is 0 Å². The van der Waals surface area contributed by atoms with Crippen LogP contribution in [0.3, 0.4) is 0 Å². The highest BCUT2D eigenvalue weighted by molar-refractivity contribution is 9.24. The Kier molecular flexibility index (Phi) is 17.9. The predicted molar refractivity (Wildman–Crippen MR) is 96.6 cm³/mol. The number of alkyl halides is 2. The average Bonchev–Trinajstić information content (AvgIpc) is 2.39. The van der Waals surface area contributed by atoms with E-state index in [2.05, 4.69) is 38.8 Å².